The third kappa shape index (κ3) is 6.38. The highest BCUT2D eigenvalue weighted by molar-refractivity contribution is 6.02. The summed E-state index contributed by atoms with van der Waals surface area (Å²) in [5, 5.41) is 2.92. The molecule has 2 amide bonds. The highest BCUT2D eigenvalue weighted by Crippen LogP contribution is 2.30. The van der Waals surface area contributed by atoms with Gasteiger partial charge >= 0.3 is 0 Å². The molecular formula is C28H37N3O3. The van der Waals surface area contributed by atoms with Crippen molar-refractivity contribution in [3.05, 3.63) is 59.7 Å². The molecule has 1 N–H and O–H groups in total. The molecule has 0 spiro atoms. The fourth-order valence-corrected chi connectivity index (χ4v) is 4.73. The zero-order valence-electron chi connectivity index (χ0n) is 20.5. The van der Waals surface area contributed by atoms with Crippen LogP contribution < -0.4 is 10.2 Å². The molecule has 0 unspecified atom stereocenters. The molecule has 2 aromatic rings. The van der Waals surface area contributed by atoms with Gasteiger partial charge in [-0.3, -0.25) is 9.59 Å². The van der Waals surface area contributed by atoms with Gasteiger partial charge in [0.1, 0.15) is 6.61 Å². The molecule has 0 atom stereocenters. The summed E-state index contributed by atoms with van der Waals surface area (Å²) in [7, 11) is 0. The van der Waals surface area contributed by atoms with E-state index in [0.717, 1.165) is 63.1 Å². The molecule has 34 heavy (non-hydrogen) atoms. The third-order valence-corrected chi connectivity index (χ3v) is 7.05. The van der Waals surface area contributed by atoms with E-state index < -0.39 is 0 Å². The third-order valence-electron chi connectivity index (χ3n) is 7.05. The van der Waals surface area contributed by atoms with E-state index in [9.17, 15) is 9.59 Å². The average Bonchev–Trinajstić information content (AvgIpc) is 2.85. The van der Waals surface area contributed by atoms with Gasteiger partial charge in [0.15, 0.2) is 0 Å². The van der Waals surface area contributed by atoms with Gasteiger partial charge in [-0.05, 0) is 61.3 Å². The Bertz CT molecular complexity index is 962. The van der Waals surface area contributed by atoms with Gasteiger partial charge in [0.25, 0.3) is 5.91 Å². The van der Waals surface area contributed by atoms with Crippen molar-refractivity contribution in [2.24, 2.45) is 11.8 Å². The van der Waals surface area contributed by atoms with Crippen LogP contribution in [0.4, 0.5) is 11.4 Å². The number of benzene rings is 2. The van der Waals surface area contributed by atoms with Crippen LogP contribution in [0.1, 0.15) is 55.5 Å². The smallest absolute Gasteiger partial charge is 0.256 e. The van der Waals surface area contributed by atoms with Crippen LogP contribution in [-0.4, -0.2) is 49.5 Å². The van der Waals surface area contributed by atoms with Crippen molar-refractivity contribution in [3.63, 3.8) is 0 Å². The first-order valence-corrected chi connectivity index (χ1v) is 12.6. The summed E-state index contributed by atoms with van der Waals surface area (Å²) in [6, 6.07) is 15.5. The number of nitrogens with one attached hydrogen (secondary N) is 1. The van der Waals surface area contributed by atoms with E-state index in [0.29, 0.717) is 29.7 Å². The number of carbonyl (C=O) groups excluding carboxylic acids is 2. The number of amides is 2. The fraction of sp³-hybridized carbons (Fsp3) is 0.500. The Kier molecular flexibility index (Phi) is 8.22. The molecule has 4 rings (SSSR count). The van der Waals surface area contributed by atoms with E-state index in [-0.39, 0.29) is 18.4 Å². The molecule has 6 heteroatoms. The average molecular weight is 464 g/mol. The number of anilines is 2. The molecule has 2 fully saturated rings. The van der Waals surface area contributed by atoms with Crippen LogP contribution in [-0.2, 0) is 16.1 Å². The van der Waals surface area contributed by atoms with Crippen molar-refractivity contribution in [1.82, 2.24) is 4.90 Å². The summed E-state index contributed by atoms with van der Waals surface area (Å²) in [4.78, 5) is 30.4. The summed E-state index contributed by atoms with van der Waals surface area (Å²) in [6.07, 6.45) is 4.34. The normalized spacial score (nSPS) is 17.6. The summed E-state index contributed by atoms with van der Waals surface area (Å²) in [6.45, 7) is 8.39. The molecule has 182 valence electrons. The second kappa shape index (κ2) is 11.5. The topological polar surface area (TPSA) is 61.9 Å². The molecule has 6 nitrogen and oxygen atoms in total. The molecule has 2 aliphatic rings. The quantitative estimate of drug-likeness (QED) is 0.631. The molecule has 2 aliphatic heterocycles. The number of ether oxygens (including phenoxy) is 1. The Morgan fingerprint density at radius 3 is 2.24 bits per heavy atom. The van der Waals surface area contributed by atoms with Crippen LogP contribution in [0.2, 0.25) is 0 Å². The van der Waals surface area contributed by atoms with Crippen molar-refractivity contribution in [1.29, 1.82) is 0 Å². The monoisotopic (exact) mass is 463 g/mol. The van der Waals surface area contributed by atoms with Crippen LogP contribution in [0.25, 0.3) is 0 Å². The van der Waals surface area contributed by atoms with E-state index in [4.69, 9.17) is 4.74 Å². The van der Waals surface area contributed by atoms with E-state index in [1.165, 1.54) is 0 Å². The molecular weight excluding hydrogens is 426 g/mol. The Morgan fingerprint density at radius 2 is 1.56 bits per heavy atom. The van der Waals surface area contributed by atoms with Crippen molar-refractivity contribution >= 4 is 23.2 Å². The fourth-order valence-electron chi connectivity index (χ4n) is 4.73. The van der Waals surface area contributed by atoms with E-state index in [1.807, 2.05) is 53.4 Å². The lowest BCUT2D eigenvalue weighted by Gasteiger charge is -2.35. The number of carbonyl (C=O) groups is 2. The van der Waals surface area contributed by atoms with Crippen molar-refractivity contribution in [3.8, 4) is 0 Å². The van der Waals surface area contributed by atoms with Gasteiger partial charge in [0.05, 0.1) is 12.2 Å². The minimum atomic E-state index is -0.222. The first-order valence-electron chi connectivity index (χ1n) is 12.6. The number of hydrogen-bond acceptors (Lipinski definition) is 4. The van der Waals surface area contributed by atoms with Gasteiger partial charge in [-0.25, -0.2) is 0 Å². The van der Waals surface area contributed by atoms with Crippen LogP contribution in [0.3, 0.4) is 0 Å². The second-order valence-corrected chi connectivity index (χ2v) is 9.90. The minimum absolute atomic E-state index is 0.0338. The predicted octanol–water partition coefficient (Wildman–Crippen LogP) is 4.95. The number of nitrogens with zero attached hydrogens (tertiary/aromatic N) is 2. The van der Waals surface area contributed by atoms with Crippen LogP contribution >= 0.6 is 0 Å². The summed E-state index contributed by atoms with van der Waals surface area (Å²) >= 11 is 0. The van der Waals surface area contributed by atoms with Crippen LogP contribution in [0.15, 0.2) is 48.5 Å². The zero-order chi connectivity index (χ0) is 23.9. The van der Waals surface area contributed by atoms with Gasteiger partial charge < -0.3 is 19.9 Å². The van der Waals surface area contributed by atoms with Crippen molar-refractivity contribution < 1.29 is 14.3 Å². The first kappa shape index (κ1) is 24.3. The van der Waals surface area contributed by atoms with E-state index in [2.05, 4.69) is 24.1 Å². The lowest BCUT2D eigenvalue weighted by atomic mass is 9.96. The van der Waals surface area contributed by atoms with E-state index in [1.54, 1.807) is 0 Å². The highest BCUT2D eigenvalue weighted by atomic mass is 16.5. The Labute approximate surface area is 203 Å². The maximum absolute atomic E-state index is 13.6. The standard InChI is InChI=1S/C28H37N3O3/c1-21-10-14-30(15-11-21)26-9-8-24(18-25(26)28(33)31-16-12-22(2)13-17-31)29-27(32)20-34-19-23-6-4-3-5-7-23/h3-9,18,21-22H,10-17,19-20H2,1-2H3,(H,29,32). The second-order valence-electron chi connectivity index (χ2n) is 9.90. The molecule has 2 saturated heterocycles. The minimum Gasteiger partial charge on any atom is -0.371 e. The van der Waals surface area contributed by atoms with Crippen molar-refractivity contribution in [2.45, 2.75) is 46.1 Å². The first-order chi connectivity index (χ1) is 16.5. The highest BCUT2D eigenvalue weighted by Gasteiger charge is 2.27. The number of likely N-dealkylation sites (tertiary alicyclic amines) is 1. The number of piperidine rings is 2. The number of hydrogen-bond donors (Lipinski definition) is 1. The largest absolute Gasteiger partial charge is 0.371 e. The van der Waals surface area contributed by atoms with E-state index >= 15 is 0 Å². The maximum Gasteiger partial charge on any atom is 0.256 e. The SMILES string of the molecule is CC1CCN(C(=O)c2cc(NC(=O)COCc3ccccc3)ccc2N2CCC(C)CC2)CC1. The summed E-state index contributed by atoms with van der Waals surface area (Å²) < 4.78 is 5.57. The molecule has 0 saturated carbocycles. The molecule has 2 aromatic carbocycles. The van der Waals surface area contributed by atoms with Gasteiger partial charge in [-0.1, -0.05) is 44.2 Å². The lowest BCUT2D eigenvalue weighted by Crippen LogP contribution is -2.40. The molecule has 2 heterocycles. The molecule has 0 aromatic heterocycles. The lowest BCUT2D eigenvalue weighted by molar-refractivity contribution is -0.121. The van der Waals surface area contributed by atoms with Gasteiger partial charge in [0.2, 0.25) is 5.91 Å². The summed E-state index contributed by atoms with van der Waals surface area (Å²) in [5.41, 5.74) is 3.33. The maximum atomic E-state index is 13.6. The zero-order valence-corrected chi connectivity index (χ0v) is 20.5. The Balaban J connectivity index is 1.45. The van der Waals surface area contributed by atoms with Gasteiger partial charge in [-0.2, -0.15) is 0 Å². The number of rotatable bonds is 7. The predicted molar refractivity (Wildman–Crippen MR) is 136 cm³/mol. The molecule has 0 bridgehead atoms. The molecule has 0 aliphatic carbocycles. The summed E-state index contributed by atoms with van der Waals surface area (Å²) in [5.74, 6) is 1.22. The van der Waals surface area contributed by atoms with Crippen LogP contribution in [0.5, 0.6) is 0 Å². The Hall–Kier alpha value is -2.86. The van der Waals surface area contributed by atoms with Gasteiger partial charge in [-0.15, -0.1) is 0 Å². The van der Waals surface area contributed by atoms with Crippen molar-refractivity contribution in [2.75, 3.05) is 43.0 Å². The Morgan fingerprint density at radius 1 is 0.912 bits per heavy atom. The van der Waals surface area contributed by atoms with Crippen LogP contribution in [0, 0.1) is 11.8 Å². The van der Waals surface area contributed by atoms with Gasteiger partial charge in [0, 0.05) is 37.6 Å². The molecule has 0 radical (unpaired) electrons.